The average Bonchev–Trinajstić information content (AvgIpc) is 2.36. The molecule has 0 aliphatic rings. The molecule has 19 heavy (non-hydrogen) atoms. The highest BCUT2D eigenvalue weighted by Crippen LogP contribution is 2.30. The molecule has 0 radical (unpaired) electrons. The third-order valence-electron chi connectivity index (χ3n) is 2.61. The molecule has 0 saturated heterocycles. The number of benzene rings is 1. The van der Waals surface area contributed by atoms with E-state index in [9.17, 15) is 5.11 Å². The van der Waals surface area contributed by atoms with Gasteiger partial charge in [-0.25, -0.2) is 9.97 Å². The molecule has 0 amide bonds. The number of halogens is 2. The maximum atomic E-state index is 10.1. The van der Waals surface area contributed by atoms with E-state index < -0.39 is 6.10 Å². The largest absolute Gasteiger partial charge is 0.386 e. The van der Waals surface area contributed by atoms with E-state index in [1.54, 1.807) is 24.3 Å². The van der Waals surface area contributed by atoms with Gasteiger partial charge in [-0.1, -0.05) is 29.3 Å². The van der Waals surface area contributed by atoms with Gasteiger partial charge < -0.3 is 10.4 Å². The van der Waals surface area contributed by atoms with Crippen LogP contribution < -0.4 is 5.32 Å². The van der Waals surface area contributed by atoms with Gasteiger partial charge in [0.05, 0.1) is 6.10 Å². The summed E-state index contributed by atoms with van der Waals surface area (Å²) in [7, 11) is 0. The van der Waals surface area contributed by atoms with Crippen molar-refractivity contribution in [2.24, 2.45) is 0 Å². The predicted molar refractivity (Wildman–Crippen MR) is 76.7 cm³/mol. The Hall–Kier alpha value is -1.36. The molecule has 6 heteroatoms. The molecule has 4 nitrogen and oxygen atoms in total. The first-order valence-electron chi connectivity index (χ1n) is 5.72. The summed E-state index contributed by atoms with van der Waals surface area (Å²) < 4.78 is 0. The Labute approximate surface area is 121 Å². The minimum atomic E-state index is -0.809. The summed E-state index contributed by atoms with van der Waals surface area (Å²) in [6.07, 6.45) is 0.656. The zero-order chi connectivity index (χ0) is 13.8. The Balaban J connectivity index is 2.07. The Morgan fingerprint density at radius 3 is 2.58 bits per heavy atom. The molecule has 100 valence electrons. The molecule has 0 bridgehead atoms. The van der Waals surface area contributed by atoms with Crippen molar-refractivity contribution < 1.29 is 5.11 Å². The van der Waals surface area contributed by atoms with E-state index in [1.807, 2.05) is 6.92 Å². The third kappa shape index (κ3) is 3.56. The van der Waals surface area contributed by atoms with Crippen LogP contribution in [-0.2, 0) is 0 Å². The summed E-state index contributed by atoms with van der Waals surface area (Å²) in [5.41, 5.74) is 1.37. The van der Waals surface area contributed by atoms with E-state index in [0.717, 1.165) is 5.69 Å². The number of aliphatic hydroxyl groups is 1. The van der Waals surface area contributed by atoms with Crippen LogP contribution in [0.4, 0.5) is 5.82 Å². The molecular weight excluding hydrogens is 285 g/mol. The van der Waals surface area contributed by atoms with Crippen LogP contribution in [0.15, 0.2) is 30.6 Å². The van der Waals surface area contributed by atoms with Crippen LogP contribution in [0.2, 0.25) is 10.0 Å². The number of aliphatic hydroxyl groups excluding tert-OH is 1. The van der Waals surface area contributed by atoms with E-state index in [4.69, 9.17) is 23.2 Å². The number of aryl methyl sites for hydroxylation is 1. The molecule has 1 unspecified atom stereocenters. The predicted octanol–water partition coefficient (Wildman–Crippen LogP) is 3.24. The maximum Gasteiger partial charge on any atom is 0.129 e. The fourth-order valence-electron chi connectivity index (χ4n) is 1.68. The van der Waals surface area contributed by atoms with Gasteiger partial charge in [0.2, 0.25) is 0 Å². The Morgan fingerprint density at radius 1 is 1.26 bits per heavy atom. The summed E-state index contributed by atoms with van der Waals surface area (Å²) in [4.78, 5) is 8.05. The Kier molecular flexibility index (Phi) is 4.58. The number of nitrogens with zero attached hydrogens (tertiary/aromatic N) is 2. The fourth-order valence-corrected chi connectivity index (χ4v) is 2.33. The molecule has 1 aromatic heterocycles. The van der Waals surface area contributed by atoms with Crippen LogP contribution >= 0.6 is 23.2 Å². The first kappa shape index (κ1) is 14.1. The minimum Gasteiger partial charge on any atom is -0.386 e. The lowest BCUT2D eigenvalue weighted by molar-refractivity contribution is 0.191. The lowest BCUT2D eigenvalue weighted by Crippen LogP contribution is -2.14. The number of anilines is 1. The van der Waals surface area contributed by atoms with Crippen LogP contribution in [0.5, 0.6) is 0 Å². The smallest absolute Gasteiger partial charge is 0.129 e. The lowest BCUT2D eigenvalue weighted by Gasteiger charge is -2.15. The van der Waals surface area contributed by atoms with E-state index in [2.05, 4.69) is 15.3 Å². The van der Waals surface area contributed by atoms with Gasteiger partial charge in [0.1, 0.15) is 12.1 Å². The molecule has 2 rings (SSSR count). The molecule has 0 fully saturated rings. The van der Waals surface area contributed by atoms with E-state index in [1.165, 1.54) is 6.33 Å². The van der Waals surface area contributed by atoms with Crippen molar-refractivity contribution in [1.82, 2.24) is 9.97 Å². The maximum absolute atomic E-state index is 10.1. The Morgan fingerprint density at radius 2 is 1.95 bits per heavy atom. The van der Waals surface area contributed by atoms with Crippen LogP contribution in [-0.4, -0.2) is 21.6 Å². The second-order valence-corrected chi connectivity index (χ2v) is 4.89. The van der Waals surface area contributed by atoms with Crippen LogP contribution in [0.1, 0.15) is 17.4 Å². The molecule has 1 aromatic carbocycles. The number of rotatable bonds is 4. The third-order valence-corrected chi connectivity index (χ3v) is 3.27. The van der Waals surface area contributed by atoms with E-state index >= 15 is 0 Å². The van der Waals surface area contributed by atoms with Crippen LogP contribution in [0.25, 0.3) is 0 Å². The van der Waals surface area contributed by atoms with Gasteiger partial charge in [-0.3, -0.25) is 0 Å². The van der Waals surface area contributed by atoms with Crippen molar-refractivity contribution in [2.45, 2.75) is 13.0 Å². The number of nitrogens with one attached hydrogen (secondary N) is 1. The monoisotopic (exact) mass is 297 g/mol. The molecule has 2 aromatic rings. The molecule has 2 N–H and O–H groups in total. The summed E-state index contributed by atoms with van der Waals surface area (Å²) >= 11 is 12.1. The van der Waals surface area contributed by atoms with Gasteiger partial charge in [-0.15, -0.1) is 0 Å². The zero-order valence-electron chi connectivity index (χ0n) is 10.3. The van der Waals surface area contributed by atoms with Gasteiger partial charge in [-0.05, 0) is 19.1 Å². The average molecular weight is 298 g/mol. The van der Waals surface area contributed by atoms with E-state index in [0.29, 0.717) is 21.4 Å². The Bertz CT molecular complexity index is 557. The zero-order valence-corrected chi connectivity index (χ0v) is 11.8. The second kappa shape index (κ2) is 6.19. The van der Waals surface area contributed by atoms with E-state index in [-0.39, 0.29) is 6.54 Å². The fraction of sp³-hybridized carbons (Fsp3) is 0.231. The van der Waals surface area contributed by atoms with Gasteiger partial charge in [-0.2, -0.15) is 0 Å². The lowest BCUT2D eigenvalue weighted by atomic mass is 10.1. The molecule has 1 atom stereocenters. The van der Waals surface area contributed by atoms with Crippen molar-refractivity contribution in [2.75, 3.05) is 11.9 Å². The highest BCUT2D eigenvalue weighted by molar-refractivity contribution is 6.36. The standard InChI is InChI=1S/C13H13Cl2N3O/c1-8-5-12(18-7-17-8)16-6-11(19)13-9(14)3-2-4-10(13)15/h2-5,7,11,19H,6H2,1H3,(H,16,17,18). The second-order valence-electron chi connectivity index (χ2n) is 4.08. The normalized spacial score (nSPS) is 12.2. The molecule has 1 heterocycles. The highest BCUT2D eigenvalue weighted by atomic mass is 35.5. The summed E-state index contributed by atoms with van der Waals surface area (Å²) in [6, 6.07) is 6.92. The summed E-state index contributed by atoms with van der Waals surface area (Å²) in [5, 5.41) is 14.0. The minimum absolute atomic E-state index is 0.264. The SMILES string of the molecule is Cc1cc(NCC(O)c2c(Cl)cccc2Cl)ncn1. The number of hydrogen-bond donors (Lipinski definition) is 2. The van der Waals surface area contributed by atoms with Crippen molar-refractivity contribution in [3.63, 3.8) is 0 Å². The summed E-state index contributed by atoms with van der Waals surface area (Å²) in [5.74, 6) is 0.648. The first-order valence-corrected chi connectivity index (χ1v) is 6.48. The van der Waals surface area contributed by atoms with Crippen LogP contribution in [0.3, 0.4) is 0 Å². The number of aromatic nitrogens is 2. The number of hydrogen-bond acceptors (Lipinski definition) is 4. The molecule has 0 aliphatic heterocycles. The van der Waals surface area contributed by atoms with Crippen molar-refractivity contribution >= 4 is 29.0 Å². The summed E-state index contributed by atoms with van der Waals surface area (Å²) in [6.45, 7) is 2.13. The van der Waals surface area contributed by atoms with Crippen molar-refractivity contribution in [3.8, 4) is 0 Å². The highest BCUT2D eigenvalue weighted by Gasteiger charge is 2.15. The molecular formula is C13H13Cl2N3O. The molecule has 0 saturated carbocycles. The van der Waals surface area contributed by atoms with Gasteiger partial charge in [0.25, 0.3) is 0 Å². The van der Waals surface area contributed by atoms with Gasteiger partial charge in [0, 0.05) is 33.9 Å². The molecule has 0 spiro atoms. The first-order chi connectivity index (χ1) is 9.08. The van der Waals surface area contributed by atoms with Crippen molar-refractivity contribution in [1.29, 1.82) is 0 Å². The van der Waals surface area contributed by atoms with Gasteiger partial charge >= 0.3 is 0 Å². The van der Waals surface area contributed by atoms with Crippen LogP contribution in [0, 0.1) is 6.92 Å². The van der Waals surface area contributed by atoms with Gasteiger partial charge in [0.15, 0.2) is 0 Å². The topological polar surface area (TPSA) is 58.0 Å². The quantitative estimate of drug-likeness (QED) is 0.910. The molecule has 0 aliphatic carbocycles. The van der Waals surface area contributed by atoms with Crippen molar-refractivity contribution in [3.05, 3.63) is 51.9 Å².